The number of fused-ring (bicyclic) bond motifs is 2. The highest BCUT2D eigenvalue weighted by molar-refractivity contribution is 6.31. The molecular formula is C17H27ClN2O. The number of rotatable bonds is 6. The van der Waals surface area contributed by atoms with Crippen LogP contribution in [0.25, 0.3) is 0 Å². The molecule has 1 aromatic rings. The van der Waals surface area contributed by atoms with Crippen molar-refractivity contribution in [2.75, 3.05) is 0 Å². The van der Waals surface area contributed by atoms with Gasteiger partial charge in [0.2, 0.25) is 0 Å². The Hall–Kier alpha value is -0.540. The van der Waals surface area contributed by atoms with E-state index >= 15 is 0 Å². The van der Waals surface area contributed by atoms with Gasteiger partial charge in [-0.15, -0.1) is 0 Å². The summed E-state index contributed by atoms with van der Waals surface area (Å²) in [4.78, 5) is 0. The summed E-state index contributed by atoms with van der Waals surface area (Å²) in [5, 5.41) is 15.8. The minimum Gasteiger partial charge on any atom is -0.393 e. The lowest BCUT2D eigenvalue weighted by Crippen LogP contribution is -2.21. The van der Waals surface area contributed by atoms with E-state index in [-0.39, 0.29) is 6.10 Å². The summed E-state index contributed by atoms with van der Waals surface area (Å²) >= 11 is 6.44. The molecule has 0 spiro atoms. The van der Waals surface area contributed by atoms with Crippen molar-refractivity contribution < 1.29 is 5.11 Å². The molecule has 4 unspecified atom stereocenters. The number of nitrogens with zero attached hydrogens (tertiary/aromatic N) is 2. The number of aromatic nitrogens is 2. The Kier molecular flexibility index (Phi) is 4.60. The summed E-state index contributed by atoms with van der Waals surface area (Å²) in [5.41, 5.74) is 1.98. The molecular weight excluding hydrogens is 284 g/mol. The summed E-state index contributed by atoms with van der Waals surface area (Å²) in [6, 6.07) is 0. The highest BCUT2D eigenvalue weighted by Gasteiger charge is 2.40. The first-order valence-electron chi connectivity index (χ1n) is 8.54. The lowest BCUT2D eigenvalue weighted by atomic mass is 9.84. The Bertz CT molecular complexity index is 499. The van der Waals surface area contributed by atoms with Gasteiger partial charge in [-0.3, -0.25) is 4.68 Å². The number of hydrogen-bond donors (Lipinski definition) is 1. The van der Waals surface area contributed by atoms with Crippen LogP contribution in [0.2, 0.25) is 5.02 Å². The molecule has 3 rings (SSSR count). The van der Waals surface area contributed by atoms with Gasteiger partial charge in [-0.1, -0.05) is 24.9 Å². The van der Waals surface area contributed by atoms with Gasteiger partial charge < -0.3 is 5.11 Å². The van der Waals surface area contributed by atoms with Crippen molar-refractivity contribution in [1.29, 1.82) is 0 Å². The molecule has 21 heavy (non-hydrogen) atoms. The maximum atomic E-state index is 10.5. The van der Waals surface area contributed by atoms with E-state index in [9.17, 15) is 5.11 Å². The zero-order valence-electron chi connectivity index (χ0n) is 13.2. The van der Waals surface area contributed by atoms with Crippen LogP contribution in [-0.2, 0) is 19.4 Å². The lowest BCUT2D eigenvalue weighted by molar-refractivity contribution is 0.122. The Morgan fingerprint density at radius 3 is 2.71 bits per heavy atom. The molecule has 0 saturated heterocycles. The van der Waals surface area contributed by atoms with Gasteiger partial charge in [0, 0.05) is 13.0 Å². The quantitative estimate of drug-likeness (QED) is 0.866. The SMILES string of the molecule is CCc1nn(CC)c(CC(O)CC2CC3CCC2C3)c1Cl. The Labute approximate surface area is 132 Å². The second-order valence-corrected chi connectivity index (χ2v) is 7.28. The van der Waals surface area contributed by atoms with Crippen LogP contribution in [-0.4, -0.2) is 21.0 Å². The molecule has 1 N–H and O–H groups in total. The Morgan fingerprint density at radius 2 is 2.14 bits per heavy atom. The summed E-state index contributed by atoms with van der Waals surface area (Å²) in [6.07, 6.45) is 7.70. The van der Waals surface area contributed by atoms with Crippen molar-refractivity contribution in [2.24, 2.45) is 17.8 Å². The fourth-order valence-corrected chi connectivity index (χ4v) is 4.88. The van der Waals surface area contributed by atoms with Crippen molar-refractivity contribution in [3.63, 3.8) is 0 Å². The zero-order valence-corrected chi connectivity index (χ0v) is 13.9. The van der Waals surface area contributed by atoms with Crippen LogP contribution in [0.3, 0.4) is 0 Å². The first kappa shape index (κ1) is 15.4. The molecule has 118 valence electrons. The average molecular weight is 311 g/mol. The molecule has 0 amide bonds. The van der Waals surface area contributed by atoms with Crippen LogP contribution in [0.4, 0.5) is 0 Å². The van der Waals surface area contributed by atoms with Crippen molar-refractivity contribution in [2.45, 2.75) is 71.4 Å². The Balaban J connectivity index is 1.64. The zero-order chi connectivity index (χ0) is 15.0. The van der Waals surface area contributed by atoms with E-state index in [2.05, 4.69) is 18.9 Å². The van der Waals surface area contributed by atoms with E-state index in [1.807, 2.05) is 4.68 Å². The average Bonchev–Trinajstić information content (AvgIpc) is 3.15. The highest BCUT2D eigenvalue weighted by Crippen LogP contribution is 2.50. The van der Waals surface area contributed by atoms with E-state index in [1.165, 1.54) is 25.7 Å². The fourth-order valence-electron chi connectivity index (χ4n) is 4.53. The normalized spacial score (nSPS) is 29.2. The third-order valence-electron chi connectivity index (χ3n) is 5.58. The molecule has 3 nitrogen and oxygen atoms in total. The molecule has 2 saturated carbocycles. The van der Waals surface area contributed by atoms with Crippen molar-refractivity contribution in [1.82, 2.24) is 9.78 Å². The topological polar surface area (TPSA) is 38.0 Å². The molecule has 0 radical (unpaired) electrons. The van der Waals surface area contributed by atoms with Crippen molar-refractivity contribution in [3.8, 4) is 0 Å². The van der Waals surface area contributed by atoms with Crippen LogP contribution in [0, 0.1) is 17.8 Å². The van der Waals surface area contributed by atoms with Gasteiger partial charge in [-0.05, 0) is 56.8 Å². The van der Waals surface area contributed by atoms with Gasteiger partial charge in [-0.25, -0.2) is 0 Å². The number of aryl methyl sites for hydroxylation is 2. The van der Waals surface area contributed by atoms with Crippen LogP contribution in [0.15, 0.2) is 0 Å². The van der Waals surface area contributed by atoms with Crippen LogP contribution in [0.5, 0.6) is 0 Å². The van der Waals surface area contributed by atoms with E-state index in [1.54, 1.807) is 0 Å². The summed E-state index contributed by atoms with van der Waals surface area (Å²) < 4.78 is 1.96. The fraction of sp³-hybridized carbons (Fsp3) is 0.824. The monoisotopic (exact) mass is 310 g/mol. The van der Waals surface area contributed by atoms with Crippen molar-refractivity contribution in [3.05, 3.63) is 16.4 Å². The number of halogens is 1. The number of hydrogen-bond acceptors (Lipinski definition) is 2. The first-order chi connectivity index (χ1) is 10.1. The van der Waals surface area contributed by atoms with Crippen molar-refractivity contribution >= 4 is 11.6 Å². The van der Waals surface area contributed by atoms with Gasteiger partial charge in [0.05, 0.1) is 22.5 Å². The first-order valence-corrected chi connectivity index (χ1v) is 8.92. The molecule has 4 heteroatoms. The minimum atomic E-state index is -0.279. The van der Waals surface area contributed by atoms with E-state index in [0.717, 1.165) is 53.6 Å². The predicted molar refractivity (Wildman–Crippen MR) is 85.6 cm³/mol. The standard InChI is InChI=1S/C17H27ClN2O/c1-3-15-17(18)16(20(4-2)19-15)10-14(21)9-13-8-11-5-6-12(13)7-11/h11-14,21H,3-10H2,1-2H3. The van der Waals surface area contributed by atoms with Gasteiger partial charge in [0.25, 0.3) is 0 Å². The molecule has 0 aromatic carbocycles. The van der Waals surface area contributed by atoms with Crippen LogP contribution >= 0.6 is 11.6 Å². The van der Waals surface area contributed by atoms with Gasteiger partial charge in [0.15, 0.2) is 0 Å². The second-order valence-electron chi connectivity index (χ2n) is 6.91. The molecule has 1 heterocycles. The number of aliphatic hydroxyl groups excluding tert-OH is 1. The third-order valence-corrected chi connectivity index (χ3v) is 6.02. The second kappa shape index (κ2) is 6.29. The van der Waals surface area contributed by atoms with Gasteiger partial charge >= 0.3 is 0 Å². The Morgan fingerprint density at radius 1 is 1.33 bits per heavy atom. The molecule has 4 atom stereocenters. The molecule has 2 fully saturated rings. The lowest BCUT2D eigenvalue weighted by Gasteiger charge is -2.24. The largest absolute Gasteiger partial charge is 0.393 e. The summed E-state index contributed by atoms with van der Waals surface area (Å²) in [6.45, 7) is 4.97. The van der Waals surface area contributed by atoms with E-state index in [0.29, 0.717) is 6.42 Å². The van der Waals surface area contributed by atoms with E-state index in [4.69, 9.17) is 11.6 Å². The molecule has 2 aliphatic rings. The maximum absolute atomic E-state index is 10.5. The summed E-state index contributed by atoms with van der Waals surface area (Å²) in [5.74, 6) is 2.56. The van der Waals surface area contributed by atoms with E-state index < -0.39 is 0 Å². The van der Waals surface area contributed by atoms with Crippen LogP contribution < -0.4 is 0 Å². The summed E-state index contributed by atoms with van der Waals surface area (Å²) in [7, 11) is 0. The molecule has 2 bridgehead atoms. The smallest absolute Gasteiger partial charge is 0.0850 e. The third kappa shape index (κ3) is 3.00. The molecule has 0 aliphatic heterocycles. The van der Waals surface area contributed by atoms with Gasteiger partial charge in [0.1, 0.15) is 0 Å². The van der Waals surface area contributed by atoms with Crippen LogP contribution in [0.1, 0.15) is 57.3 Å². The van der Waals surface area contributed by atoms with Gasteiger partial charge in [-0.2, -0.15) is 5.10 Å². The number of aliphatic hydroxyl groups is 1. The molecule has 1 aromatic heterocycles. The predicted octanol–water partition coefficient (Wildman–Crippen LogP) is 3.85. The maximum Gasteiger partial charge on any atom is 0.0850 e. The minimum absolute atomic E-state index is 0.279. The highest BCUT2D eigenvalue weighted by atomic mass is 35.5. The molecule has 2 aliphatic carbocycles.